The molecule has 1 saturated heterocycles. The fourth-order valence-electron chi connectivity index (χ4n) is 2.07. The lowest BCUT2D eigenvalue weighted by molar-refractivity contribution is 0.00601. The van der Waals surface area contributed by atoms with Crippen molar-refractivity contribution in [2.45, 2.75) is 6.10 Å². The number of fused-ring (bicyclic) bond motifs is 1. The largest absolute Gasteiger partial charge is 0.389 e. The van der Waals surface area contributed by atoms with Crippen LogP contribution in [-0.2, 0) is 0 Å². The van der Waals surface area contributed by atoms with Crippen LogP contribution < -0.4 is 0 Å². The Bertz CT molecular complexity index is 571. The minimum absolute atomic E-state index is 0.0559. The standard InChI is InChI=1S/C13H12N2O2/c16-10-7-15(8-10)13(17)11-5-1-3-9-4-2-6-14-12(9)11/h1-6,10,16H,7-8H2. The average molecular weight is 228 g/mol. The van der Waals surface area contributed by atoms with Crippen LogP contribution in [0.25, 0.3) is 10.9 Å². The molecule has 0 spiro atoms. The van der Waals surface area contributed by atoms with E-state index in [2.05, 4.69) is 4.98 Å². The number of aromatic nitrogens is 1. The molecule has 86 valence electrons. The fourth-order valence-corrected chi connectivity index (χ4v) is 2.07. The average Bonchev–Trinajstić information content (AvgIpc) is 2.33. The molecule has 1 N–H and O–H groups in total. The number of carbonyl (C=O) groups is 1. The second kappa shape index (κ2) is 3.82. The van der Waals surface area contributed by atoms with Crippen molar-refractivity contribution in [2.75, 3.05) is 13.1 Å². The van der Waals surface area contributed by atoms with Gasteiger partial charge in [0.2, 0.25) is 0 Å². The molecule has 1 aromatic carbocycles. The molecule has 0 unspecified atom stereocenters. The smallest absolute Gasteiger partial charge is 0.256 e. The fraction of sp³-hybridized carbons (Fsp3) is 0.231. The molecule has 1 aliphatic heterocycles. The minimum Gasteiger partial charge on any atom is -0.389 e. The van der Waals surface area contributed by atoms with Gasteiger partial charge in [0.25, 0.3) is 5.91 Å². The zero-order valence-electron chi connectivity index (χ0n) is 9.21. The Balaban J connectivity index is 2.02. The Morgan fingerprint density at radius 2 is 2.06 bits per heavy atom. The molecule has 0 atom stereocenters. The molecule has 1 aromatic heterocycles. The molecule has 2 heterocycles. The Morgan fingerprint density at radius 3 is 2.82 bits per heavy atom. The molecule has 4 nitrogen and oxygen atoms in total. The van der Waals surface area contributed by atoms with Gasteiger partial charge < -0.3 is 10.0 Å². The maximum Gasteiger partial charge on any atom is 0.256 e. The van der Waals surface area contributed by atoms with Gasteiger partial charge in [-0.25, -0.2) is 0 Å². The van der Waals surface area contributed by atoms with Crippen molar-refractivity contribution in [3.05, 3.63) is 42.1 Å². The van der Waals surface area contributed by atoms with Crippen LogP contribution in [0.3, 0.4) is 0 Å². The van der Waals surface area contributed by atoms with Gasteiger partial charge in [-0.05, 0) is 12.1 Å². The van der Waals surface area contributed by atoms with E-state index in [0.29, 0.717) is 18.7 Å². The minimum atomic E-state index is -0.373. The van der Waals surface area contributed by atoms with Gasteiger partial charge in [-0.15, -0.1) is 0 Å². The van der Waals surface area contributed by atoms with Crippen molar-refractivity contribution in [2.24, 2.45) is 0 Å². The van der Waals surface area contributed by atoms with Gasteiger partial charge in [-0.1, -0.05) is 18.2 Å². The SMILES string of the molecule is O=C(c1cccc2cccnc12)N1CC(O)C1. The normalized spacial score (nSPS) is 15.9. The number of carbonyl (C=O) groups excluding carboxylic acids is 1. The summed E-state index contributed by atoms with van der Waals surface area (Å²) in [5.74, 6) is -0.0559. The van der Waals surface area contributed by atoms with Crippen molar-refractivity contribution >= 4 is 16.8 Å². The first-order chi connectivity index (χ1) is 8.25. The molecular formula is C13H12N2O2. The van der Waals surface area contributed by atoms with Gasteiger partial charge in [-0.2, -0.15) is 0 Å². The maximum atomic E-state index is 12.2. The highest BCUT2D eigenvalue weighted by atomic mass is 16.3. The lowest BCUT2D eigenvalue weighted by atomic mass is 10.1. The van der Waals surface area contributed by atoms with Crippen molar-refractivity contribution in [3.8, 4) is 0 Å². The second-order valence-corrected chi connectivity index (χ2v) is 4.24. The first kappa shape index (κ1) is 10.2. The van der Waals surface area contributed by atoms with Gasteiger partial charge in [0.05, 0.1) is 17.2 Å². The molecule has 4 heteroatoms. The molecule has 17 heavy (non-hydrogen) atoms. The summed E-state index contributed by atoms with van der Waals surface area (Å²) in [6, 6.07) is 9.36. The highest BCUT2D eigenvalue weighted by molar-refractivity contribution is 6.05. The highest BCUT2D eigenvalue weighted by Gasteiger charge is 2.30. The third kappa shape index (κ3) is 1.66. The number of hydrogen-bond donors (Lipinski definition) is 1. The summed E-state index contributed by atoms with van der Waals surface area (Å²) in [6.07, 6.45) is 1.31. The number of hydrogen-bond acceptors (Lipinski definition) is 3. The quantitative estimate of drug-likeness (QED) is 0.793. The maximum absolute atomic E-state index is 12.2. The Labute approximate surface area is 98.5 Å². The number of aliphatic hydroxyl groups is 1. The summed E-state index contributed by atoms with van der Waals surface area (Å²) in [6.45, 7) is 0.837. The van der Waals surface area contributed by atoms with Gasteiger partial charge in [0.1, 0.15) is 0 Å². The van der Waals surface area contributed by atoms with Crippen LogP contribution in [0.4, 0.5) is 0 Å². The number of nitrogens with zero attached hydrogens (tertiary/aromatic N) is 2. The Kier molecular flexibility index (Phi) is 2.30. The first-order valence-corrected chi connectivity index (χ1v) is 5.57. The van der Waals surface area contributed by atoms with E-state index in [1.807, 2.05) is 24.3 Å². The summed E-state index contributed by atoms with van der Waals surface area (Å²) in [5, 5.41) is 10.2. The van der Waals surface area contributed by atoms with Gasteiger partial charge in [0, 0.05) is 24.7 Å². The molecular weight excluding hydrogens is 216 g/mol. The molecule has 0 saturated carbocycles. The first-order valence-electron chi connectivity index (χ1n) is 5.57. The zero-order valence-corrected chi connectivity index (χ0v) is 9.21. The third-order valence-electron chi connectivity index (χ3n) is 3.01. The van der Waals surface area contributed by atoms with Crippen LogP contribution in [0, 0.1) is 0 Å². The third-order valence-corrected chi connectivity index (χ3v) is 3.01. The number of amides is 1. The summed E-state index contributed by atoms with van der Waals surface area (Å²) in [4.78, 5) is 18.0. The number of aliphatic hydroxyl groups excluding tert-OH is 1. The number of rotatable bonds is 1. The number of para-hydroxylation sites is 1. The molecule has 0 radical (unpaired) electrons. The number of β-amino-alcohol motifs (C(OH)–C–C–N with tert-alkyl or cyclic N) is 1. The zero-order chi connectivity index (χ0) is 11.8. The molecule has 2 aromatic rings. The van der Waals surface area contributed by atoms with E-state index in [-0.39, 0.29) is 12.0 Å². The van der Waals surface area contributed by atoms with E-state index in [4.69, 9.17) is 0 Å². The number of pyridine rings is 1. The van der Waals surface area contributed by atoms with E-state index in [9.17, 15) is 9.90 Å². The van der Waals surface area contributed by atoms with Crippen LogP contribution in [0.2, 0.25) is 0 Å². The van der Waals surface area contributed by atoms with Crippen LogP contribution >= 0.6 is 0 Å². The monoisotopic (exact) mass is 228 g/mol. The summed E-state index contributed by atoms with van der Waals surface area (Å²) in [5.41, 5.74) is 1.33. The topological polar surface area (TPSA) is 53.4 Å². The predicted octanol–water partition coefficient (Wildman–Crippen LogP) is 1.05. The molecule has 0 aliphatic carbocycles. The van der Waals surface area contributed by atoms with Gasteiger partial charge >= 0.3 is 0 Å². The molecule has 0 bridgehead atoms. The molecule has 3 rings (SSSR count). The van der Waals surface area contributed by atoms with Crippen LogP contribution in [0.1, 0.15) is 10.4 Å². The van der Waals surface area contributed by atoms with Crippen LogP contribution in [0.15, 0.2) is 36.5 Å². The van der Waals surface area contributed by atoms with E-state index < -0.39 is 0 Å². The number of likely N-dealkylation sites (tertiary alicyclic amines) is 1. The Hall–Kier alpha value is -1.94. The van der Waals surface area contributed by atoms with E-state index in [1.54, 1.807) is 17.2 Å². The summed E-state index contributed by atoms with van der Waals surface area (Å²) in [7, 11) is 0. The van der Waals surface area contributed by atoms with Crippen LogP contribution in [-0.4, -0.2) is 40.1 Å². The van der Waals surface area contributed by atoms with Crippen molar-refractivity contribution in [1.82, 2.24) is 9.88 Å². The molecule has 1 amide bonds. The van der Waals surface area contributed by atoms with Crippen molar-refractivity contribution in [1.29, 1.82) is 0 Å². The van der Waals surface area contributed by atoms with Crippen molar-refractivity contribution in [3.63, 3.8) is 0 Å². The van der Waals surface area contributed by atoms with E-state index in [0.717, 1.165) is 10.9 Å². The van der Waals surface area contributed by atoms with Crippen LogP contribution in [0.5, 0.6) is 0 Å². The summed E-state index contributed by atoms with van der Waals surface area (Å²) < 4.78 is 0. The van der Waals surface area contributed by atoms with E-state index in [1.165, 1.54) is 0 Å². The van der Waals surface area contributed by atoms with E-state index >= 15 is 0 Å². The lowest BCUT2D eigenvalue weighted by Gasteiger charge is -2.35. The van der Waals surface area contributed by atoms with Crippen molar-refractivity contribution < 1.29 is 9.90 Å². The lowest BCUT2D eigenvalue weighted by Crippen LogP contribution is -2.53. The Morgan fingerprint density at radius 1 is 1.29 bits per heavy atom. The summed E-state index contributed by atoms with van der Waals surface area (Å²) >= 11 is 0. The number of benzene rings is 1. The highest BCUT2D eigenvalue weighted by Crippen LogP contribution is 2.20. The molecule has 1 aliphatic rings. The molecule has 1 fully saturated rings. The van der Waals surface area contributed by atoms with Gasteiger partial charge in [0.15, 0.2) is 0 Å². The van der Waals surface area contributed by atoms with Gasteiger partial charge in [-0.3, -0.25) is 9.78 Å². The second-order valence-electron chi connectivity index (χ2n) is 4.24. The predicted molar refractivity (Wildman–Crippen MR) is 63.7 cm³/mol.